The van der Waals surface area contributed by atoms with E-state index in [-0.39, 0.29) is 11.9 Å². The first-order valence-corrected chi connectivity index (χ1v) is 4.92. The van der Waals surface area contributed by atoms with Gasteiger partial charge in [-0.15, -0.1) is 0 Å². The molecule has 0 aliphatic heterocycles. The Morgan fingerprint density at radius 2 is 2.15 bits per heavy atom. The summed E-state index contributed by atoms with van der Waals surface area (Å²) in [6.45, 7) is 2.51. The maximum atomic E-state index is 8.80. The number of aliphatic hydroxyl groups is 1. The maximum Gasteiger partial charge on any atom is 0.187 e. The molecule has 0 saturated carbocycles. The van der Waals surface area contributed by atoms with E-state index in [1.807, 2.05) is 6.92 Å². The van der Waals surface area contributed by atoms with Gasteiger partial charge in [0.2, 0.25) is 0 Å². The van der Waals surface area contributed by atoms with Crippen LogP contribution >= 0.6 is 11.8 Å². The molecule has 13 heavy (non-hydrogen) atoms. The van der Waals surface area contributed by atoms with Crippen LogP contribution in [-0.2, 0) is 6.54 Å². The van der Waals surface area contributed by atoms with Gasteiger partial charge in [0.25, 0.3) is 0 Å². The Bertz CT molecular complexity index is 252. The van der Waals surface area contributed by atoms with Gasteiger partial charge in [-0.3, -0.25) is 0 Å². The standard InChI is InChI=1S/C8H13N3OS/c1-6(5-12)13-8-10-3-7(2-9)4-11-8/h3-4,6,12H,2,5,9H2,1H3. The summed E-state index contributed by atoms with van der Waals surface area (Å²) in [7, 11) is 0. The maximum absolute atomic E-state index is 8.80. The van der Waals surface area contributed by atoms with Gasteiger partial charge in [-0.1, -0.05) is 18.7 Å². The lowest BCUT2D eigenvalue weighted by molar-refractivity contribution is 0.300. The van der Waals surface area contributed by atoms with Gasteiger partial charge in [0.15, 0.2) is 5.16 Å². The molecule has 0 aromatic carbocycles. The number of aliphatic hydroxyl groups excluding tert-OH is 1. The molecule has 0 aliphatic rings. The molecule has 0 radical (unpaired) electrons. The fourth-order valence-corrected chi connectivity index (χ4v) is 1.39. The first kappa shape index (κ1) is 10.4. The van der Waals surface area contributed by atoms with Gasteiger partial charge < -0.3 is 10.8 Å². The molecule has 3 N–H and O–H groups in total. The Hall–Kier alpha value is -0.650. The van der Waals surface area contributed by atoms with Crippen molar-refractivity contribution in [2.24, 2.45) is 5.73 Å². The Morgan fingerprint density at radius 1 is 1.54 bits per heavy atom. The van der Waals surface area contributed by atoms with Crippen molar-refractivity contribution in [2.75, 3.05) is 6.61 Å². The topological polar surface area (TPSA) is 72.0 Å². The lowest BCUT2D eigenvalue weighted by Crippen LogP contribution is -2.04. The van der Waals surface area contributed by atoms with Crippen LogP contribution in [0.5, 0.6) is 0 Å². The Balaban J connectivity index is 2.58. The number of rotatable bonds is 4. The number of nitrogens with zero attached hydrogens (tertiary/aromatic N) is 2. The number of hydrogen-bond donors (Lipinski definition) is 2. The molecule has 0 spiro atoms. The second-order valence-corrected chi connectivity index (χ2v) is 4.09. The van der Waals surface area contributed by atoms with E-state index in [0.717, 1.165) is 5.56 Å². The van der Waals surface area contributed by atoms with Crippen LogP contribution in [0.2, 0.25) is 0 Å². The smallest absolute Gasteiger partial charge is 0.187 e. The van der Waals surface area contributed by atoms with Crippen molar-refractivity contribution in [3.05, 3.63) is 18.0 Å². The van der Waals surface area contributed by atoms with E-state index in [0.29, 0.717) is 11.7 Å². The van der Waals surface area contributed by atoms with Crippen LogP contribution in [0.4, 0.5) is 0 Å². The summed E-state index contributed by atoms with van der Waals surface area (Å²) in [6, 6.07) is 0. The van der Waals surface area contributed by atoms with Crippen molar-refractivity contribution < 1.29 is 5.11 Å². The minimum Gasteiger partial charge on any atom is -0.395 e. The minimum atomic E-state index is 0.128. The first-order valence-electron chi connectivity index (χ1n) is 4.04. The highest BCUT2D eigenvalue weighted by molar-refractivity contribution is 7.99. The van der Waals surface area contributed by atoms with Crippen LogP contribution in [0, 0.1) is 0 Å². The zero-order chi connectivity index (χ0) is 9.68. The van der Waals surface area contributed by atoms with Crippen molar-refractivity contribution in [1.82, 2.24) is 9.97 Å². The van der Waals surface area contributed by atoms with Crippen LogP contribution in [0.1, 0.15) is 12.5 Å². The van der Waals surface area contributed by atoms with Crippen LogP contribution in [0.3, 0.4) is 0 Å². The molecule has 0 fully saturated rings. The quantitative estimate of drug-likeness (QED) is 0.543. The van der Waals surface area contributed by atoms with Gasteiger partial charge in [0.1, 0.15) is 0 Å². The fourth-order valence-electron chi connectivity index (χ4n) is 0.726. The summed E-state index contributed by atoms with van der Waals surface area (Å²) in [5.74, 6) is 0. The van der Waals surface area contributed by atoms with E-state index in [4.69, 9.17) is 10.8 Å². The van der Waals surface area contributed by atoms with Gasteiger partial charge in [0.05, 0.1) is 6.61 Å². The lowest BCUT2D eigenvalue weighted by Gasteiger charge is -2.05. The zero-order valence-corrected chi connectivity index (χ0v) is 8.29. The predicted molar refractivity (Wildman–Crippen MR) is 52.3 cm³/mol. The molecule has 1 rings (SSSR count). The van der Waals surface area contributed by atoms with Crippen LogP contribution in [0.15, 0.2) is 17.6 Å². The monoisotopic (exact) mass is 199 g/mol. The highest BCUT2D eigenvalue weighted by Crippen LogP contribution is 2.17. The van der Waals surface area contributed by atoms with Gasteiger partial charge in [-0.05, 0) is 0 Å². The molecule has 1 heterocycles. The Labute approximate surface area is 81.6 Å². The number of nitrogens with two attached hydrogens (primary N) is 1. The third-order valence-corrected chi connectivity index (χ3v) is 2.45. The molecule has 0 amide bonds. The number of hydrogen-bond acceptors (Lipinski definition) is 5. The number of aromatic nitrogens is 2. The zero-order valence-electron chi connectivity index (χ0n) is 7.47. The van der Waals surface area contributed by atoms with Crippen molar-refractivity contribution >= 4 is 11.8 Å². The van der Waals surface area contributed by atoms with Crippen molar-refractivity contribution in [1.29, 1.82) is 0 Å². The molecular weight excluding hydrogens is 186 g/mol. The fraction of sp³-hybridized carbons (Fsp3) is 0.500. The second-order valence-electron chi connectivity index (χ2n) is 2.69. The minimum absolute atomic E-state index is 0.128. The third kappa shape index (κ3) is 3.30. The van der Waals surface area contributed by atoms with E-state index in [2.05, 4.69) is 9.97 Å². The molecule has 1 aromatic heterocycles. The average Bonchev–Trinajstić information content (AvgIpc) is 2.19. The molecule has 5 heteroatoms. The highest BCUT2D eigenvalue weighted by atomic mass is 32.2. The summed E-state index contributed by atoms with van der Waals surface area (Å²) in [6.07, 6.45) is 3.42. The van der Waals surface area contributed by atoms with E-state index in [9.17, 15) is 0 Å². The largest absolute Gasteiger partial charge is 0.395 e. The second kappa shape index (κ2) is 5.16. The lowest BCUT2D eigenvalue weighted by atomic mass is 10.4. The van der Waals surface area contributed by atoms with E-state index >= 15 is 0 Å². The average molecular weight is 199 g/mol. The van der Waals surface area contributed by atoms with Gasteiger partial charge in [-0.2, -0.15) is 0 Å². The molecular formula is C8H13N3OS. The van der Waals surface area contributed by atoms with Crippen LogP contribution in [-0.4, -0.2) is 26.9 Å². The molecule has 4 nitrogen and oxygen atoms in total. The molecule has 1 unspecified atom stereocenters. The first-order chi connectivity index (χ1) is 6.26. The van der Waals surface area contributed by atoms with Crippen LogP contribution < -0.4 is 5.73 Å². The van der Waals surface area contributed by atoms with Crippen molar-refractivity contribution in [2.45, 2.75) is 23.9 Å². The summed E-state index contributed by atoms with van der Waals surface area (Å²) in [5.41, 5.74) is 6.32. The van der Waals surface area contributed by atoms with E-state index in [1.54, 1.807) is 12.4 Å². The predicted octanol–water partition coefficient (Wildman–Crippen LogP) is 0.408. The van der Waals surface area contributed by atoms with Gasteiger partial charge in [0, 0.05) is 29.8 Å². The van der Waals surface area contributed by atoms with Crippen molar-refractivity contribution in [3.63, 3.8) is 0 Å². The molecule has 1 aromatic rings. The Morgan fingerprint density at radius 3 is 2.62 bits per heavy atom. The Kier molecular flexibility index (Phi) is 4.14. The molecule has 0 bridgehead atoms. The normalized spacial score (nSPS) is 12.8. The summed E-state index contributed by atoms with van der Waals surface area (Å²) < 4.78 is 0. The number of thioether (sulfide) groups is 1. The van der Waals surface area contributed by atoms with Gasteiger partial charge in [-0.25, -0.2) is 9.97 Å². The molecule has 0 aliphatic carbocycles. The molecule has 72 valence electrons. The van der Waals surface area contributed by atoms with E-state index in [1.165, 1.54) is 11.8 Å². The molecule has 0 saturated heterocycles. The van der Waals surface area contributed by atoms with Crippen molar-refractivity contribution in [3.8, 4) is 0 Å². The highest BCUT2D eigenvalue weighted by Gasteiger charge is 2.04. The summed E-state index contributed by atoms with van der Waals surface area (Å²) >= 11 is 1.45. The summed E-state index contributed by atoms with van der Waals surface area (Å²) in [5, 5.41) is 9.61. The van der Waals surface area contributed by atoms with E-state index < -0.39 is 0 Å². The van der Waals surface area contributed by atoms with Crippen LogP contribution in [0.25, 0.3) is 0 Å². The van der Waals surface area contributed by atoms with Gasteiger partial charge >= 0.3 is 0 Å². The summed E-state index contributed by atoms with van der Waals surface area (Å²) in [4.78, 5) is 8.20. The SMILES string of the molecule is CC(CO)Sc1ncc(CN)cn1. The third-order valence-electron chi connectivity index (χ3n) is 1.48. The molecule has 1 atom stereocenters.